The van der Waals surface area contributed by atoms with Crippen molar-refractivity contribution in [3.63, 3.8) is 0 Å². The van der Waals surface area contributed by atoms with Crippen LogP contribution in [-0.4, -0.2) is 36.2 Å². The van der Waals surface area contributed by atoms with Gasteiger partial charge in [0.2, 0.25) is 0 Å². The second-order valence-electron chi connectivity index (χ2n) is 6.37. The number of aliphatic imine (C=N–C) groups is 1. The number of nitrogens with zero attached hydrogens (tertiary/aromatic N) is 3. The molecule has 6 nitrogen and oxygen atoms in total. The van der Waals surface area contributed by atoms with E-state index in [1.165, 1.54) is 5.56 Å². The van der Waals surface area contributed by atoms with Crippen LogP contribution in [0.25, 0.3) is 0 Å². The third-order valence-corrected chi connectivity index (χ3v) is 4.50. The maximum absolute atomic E-state index is 5.39. The average Bonchev–Trinajstić information content (AvgIpc) is 3.18. The summed E-state index contributed by atoms with van der Waals surface area (Å²) in [7, 11) is 3.46. The van der Waals surface area contributed by atoms with Crippen molar-refractivity contribution in [3.8, 4) is 5.75 Å². The Hall–Kier alpha value is -2.55. The number of benzene rings is 2. The van der Waals surface area contributed by atoms with E-state index in [1.807, 2.05) is 42.7 Å². The summed E-state index contributed by atoms with van der Waals surface area (Å²) in [5.41, 5.74) is 2.36. The van der Waals surface area contributed by atoms with E-state index >= 15 is 0 Å². The smallest absolute Gasteiger partial charge is 0.191 e. The summed E-state index contributed by atoms with van der Waals surface area (Å²) < 4.78 is 7.57. The van der Waals surface area contributed by atoms with E-state index in [-0.39, 0.29) is 24.0 Å². The van der Waals surface area contributed by atoms with Gasteiger partial charge < -0.3 is 19.9 Å². The number of para-hydroxylation sites is 1. The van der Waals surface area contributed by atoms with Gasteiger partial charge >= 0.3 is 0 Å². The molecule has 154 valence electrons. The van der Waals surface area contributed by atoms with Gasteiger partial charge in [0.25, 0.3) is 0 Å². The van der Waals surface area contributed by atoms with Crippen LogP contribution in [0.15, 0.2) is 72.0 Å². The number of hydrogen-bond acceptors (Lipinski definition) is 3. The van der Waals surface area contributed by atoms with Crippen molar-refractivity contribution < 1.29 is 4.74 Å². The number of nitrogens with one attached hydrogen (secondary N) is 2. The quantitative estimate of drug-likeness (QED) is 0.280. The lowest BCUT2D eigenvalue weighted by atomic mass is 10.2. The Balaban J connectivity index is 0.00000300. The van der Waals surface area contributed by atoms with Gasteiger partial charge in [0.15, 0.2) is 5.96 Å². The van der Waals surface area contributed by atoms with E-state index in [2.05, 4.69) is 49.4 Å². The first-order valence-corrected chi connectivity index (χ1v) is 9.40. The Bertz CT molecular complexity index is 895. The van der Waals surface area contributed by atoms with Gasteiger partial charge in [0.05, 0.1) is 7.11 Å². The Morgan fingerprint density at radius 3 is 2.59 bits per heavy atom. The predicted molar refractivity (Wildman–Crippen MR) is 128 cm³/mol. The van der Waals surface area contributed by atoms with Crippen LogP contribution in [0.2, 0.25) is 0 Å². The Morgan fingerprint density at radius 2 is 1.83 bits per heavy atom. The first-order chi connectivity index (χ1) is 13.8. The summed E-state index contributed by atoms with van der Waals surface area (Å²) in [6, 6.07) is 18.4. The number of methoxy groups -OCH3 is 1. The topological polar surface area (TPSA) is 63.5 Å². The molecular formula is C22H28IN5O. The number of ether oxygens (including phenoxy) is 1. The maximum Gasteiger partial charge on any atom is 0.191 e. The van der Waals surface area contributed by atoms with E-state index in [9.17, 15) is 0 Å². The van der Waals surface area contributed by atoms with Gasteiger partial charge in [-0.25, -0.2) is 4.98 Å². The van der Waals surface area contributed by atoms with Crippen LogP contribution in [0, 0.1) is 0 Å². The van der Waals surface area contributed by atoms with E-state index in [0.29, 0.717) is 6.54 Å². The molecule has 2 aromatic carbocycles. The molecule has 0 amide bonds. The maximum atomic E-state index is 5.39. The van der Waals surface area contributed by atoms with E-state index < -0.39 is 0 Å². The molecule has 1 heterocycles. The van der Waals surface area contributed by atoms with Crippen molar-refractivity contribution in [2.24, 2.45) is 4.99 Å². The van der Waals surface area contributed by atoms with Crippen LogP contribution >= 0.6 is 24.0 Å². The molecule has 3 rings (SSSR count). The molecule has 0 aliphatic carbocycles. The van der Waals surface area contributed by atoms with Crippen LogP contribution in [0.5, 0.6) is 5.75 Å². The first-order valence-electron chi connectivity index (χ1n) is 9.40. The van der Waals surface area contributed by atoms with Gasteiger partial charge in [0, 0.05) is 51.1 Å². The second kappa shape index (κ2) is 12.1. The Kier molecular flexibility index (Phi) is 9.49. The number of aromatic nitrogens is 2. The monoisotopic (exact) mass is 505 g/mol. The highest BCUT2D eigenvalue weighted by atomic mass is 127. The zero-order chi connectivity index (χ0) is 19.6. The fourth-order valence-corrected chi connectivity index (χ4v) is 3.03. The molecule has 0 bridgehead atoms. The van der Waals surface area contributed by atoms with Crippen LogP contribution in [0.3, 0.4) is 0 Å². The lowest BCUT2D eigenvalue weighted by Gasteiger charge is -2.14. The zero-order valence-corrected chi connectivity index (χ0v) is 19.2. The van der Waals surface area contributed by atoms with Gasteiger partial charge in [-0.3, -0.25) is 4.99 Å². The van der Waals surface area contributed by atoms with Crippen LogP contribution in [0.1, 0.15) is 17.0 Å². The number of halogens is 1. The summed E-state index contributed by atoms with van der Waals surface area (Å²) in [6.07, 6.45) is 4.69. The normalized spacial score (nSPS) is 10.9. The molecule has 0 fully saturated rings. The molecule has 0 unspecified atom stereocenters. The van der Waals surface area contributed by atoms with Crippen LogP contribution in [0.4, 0.5) is 0 Å². The summed E-state index contributed by atoms with van der Waals surface area (Å²) >= 11 is 0. The van der Waals surface area contributed by atoms with Crippen LogP contribution < -0.4 is 15.4 Å². The third kappa shape index (κ3) is 6.77. The van der Waals surface area contributed by atoms with Crippen molar-refractivity contribution in [3.05, 3.63) is 83.9 Å². The predicted octanol–water partition coefficient (Wildman–Crippen LogP) is 3.47. The van der Waals surface area contributed by atoms with E-state index in [1.54, 1.807) is 14.2 Å². The second-order valence-corrected chi connectivity index (χ2v) is 6.37. The van der Waals surface area contributed by atoms with Crippen LogP contribution in [-0.2, 0) is 19.5 Å². The highest BCUT2D eigenvalue weighted by Gasteiger charge is 2.06. The first kappa shape index (κ1) is 22.7. The lowest BCUT2D eigenvalue weighted by Crippen LogP contribution is -2.38. The van der Waals surface area contributed by atoms with Crippen molar-refractivity contribution >= 4 is 29.9 Å². The molecule has 0 saturated heterocycles. The number of guanidine groups is 1. The van der Waals surface area contributed by atoms with E-state index in [0.717, 1.165) is 42.6 Å². The Labute approximate surface area is 189 Å². The van der Waals surface area contributed by atoms with Gasteiger partial charge in [-0.1, -0.05) is 48.5 Å². The minimum Gasteiger partial charge on any atom is -0.496 e. The van der Waals surface area contributed by atoms with Crippen molar-refractivity contribution in [2.75, 3.05) is 20.7 Å². The Morgan fingerprint density at radius 1 is 1.07 bits per heavy atom. The average molecular weight is 505 g/mol. The van der Waals surface area contributed by atoms with Gasteiger partial charge in [-0.05, 0) is 11.6 Å². The molecule has 2 N–H and O–H groups in total. The largest absolute Gasteiger partial charge is 0.496 e. The highest BCUT2D eigenvalue weighted by molar-refractivity contribution is 14.0. The minimum atomic E-state index is 0. The molecule has 0 saturated carbocycles. The molecule has 1 aromatic heterocycles. The highest BCUT2D eigenvalue weighted by Crippen LogP contribution is 2.16. The van der Waals surface area contributed by atoms with Gasteiger partial charge in [-0.2, -0.15) is 0 Å². The number of hydrogen-bond donors (Lipinski definition) is 2. The fraction of sp³-hybridized carbons (Fsp3) is 0.273. The standard InChI is InChI=1S/C22H27N5O.HI/c1-23-22(26-16-19-10-6-7-11-20(19)28-2)25-13-12-21-24-14-15-27(21)17-18-8-4-3-5-9-18;/h3-11,14-15H,12-13,16-17H2,1-2H3,(H2,23,25,26);1H. The van der Waals surface area contributed by atoms with Gasteiger partial charge in [-0.15, -0.1) is 24.0 Å². The van der Waals surface area contributed by atoms with Crippen molar-refractivity contribution in [2.45, 2.75) is 19.5 Å². The van der Waals surface area contributed by atoms with Crippen molar-refractivity contribution in [1.82, 2.24) is 20.2 Å². The van der Waals surface area contributed by atoms with Gasteiger partial charge in [0.1, 0.15) is 11.6 Å². The number of imidazole rings is 1. The minimum absolute atomic E-state index is 0. The molecule has 0 atom stereocenters. The molecule has 0 aliphatic rings. The molecule has 29 heavy (non-hydrogen) atoms. The van der Waals surface area contributed by atoms with E-state index in [4.69, 9.17) is 4.74 Å². The fourth-order valence-electron chi connectivity index (χ4n) is 3.03. The molecule has 0 aliphatic heterocycles. The summed E-state index contributed by atoms with van der Waals surface area (Å²) in [6.45, 7) is 2.22. The molecule has 7 heteroatoms. The summed E-state index contributed by atoms with van der Waals surface area (Å²) in [4.78, 5) is 8.79. The number of rotatable bonds is 8. The molecule has 3 aromatic rings. The zero-order valence-electron chi connectivity index (χ0n) is 16.8. The summed E-state index contributed by atoms with van der Waals surface area (Å²) in [5.74, 6) is 2.68. The lowest BCUT2D eigenvalue weighted by molar-refractivity contribution is 0.409. The van der Waals surface area contributed by atoms with Crippen molar-refractivity contribution in [1.29, 1.82) is 0 Å². The molecule has 0 radical (unpaired) electrons. The third-order valence-electron chi connectivity index (χ3n) is 4.50. The SMILES string of the molecule is CN=C(NCCc1nccn1Cc1ccccc1)NCc1ccccc1OC.I. The molecular weight excluding hydrogens is 477 g/mol. The molecule has 0 spiro atoms. The summed E-state index contributed by atoms with van der Waals surface area (Å²) in [5, 5.41) is 6.68.